The lowest BCUT2D eigenvalue weighted by molar-refractivity contribution is -0.119. The zero-order chi connectivity index (χ0) is 19.7. The van der Waals surface area contributed by atoms with E-state index in [4.69, 9.17) is 0 Å². The van der Waals surface area contributed by atoms with E-state index >= 15 is 0 Å². The molecule has 0 radical (unpaired) electrons. The van der Waals surface area contributed by atoms with Gasteiger partial charge in [0.25, 0.3) is 5.56 Å². The third-order valence-corrected chi connectivity index (χ3v) is 4.80. The highest BCUT2D eigenvalue weighted by Crippen LogP contribution is 2.22. The second-order valence-electron chi connectivity index (χ2n) is 6.11. The first-order chi connectivity index (χ1) is 13.5. The van der Waals surface area contributed by atoms with Crippen molar-refractivity contribution >= 4 is 34.4 Å². The van der Waals surface area contributed by atoms with Gasteiger partial charge in [-0.15, -0.1) is 0 Å². The SMILES string of the molecule is CC(C(=O)Nc1cccc2nsnc12)n1nc(-c2ccc(F)cc2)ccc1=O. The smallest absolute Gasteiger partial charge is 0.267 e. The molecule has 9 heteroatoms. The number of anilines is 1. The monoisotopic (exact) mass is 395 g/mol. The molecule has 0 aliphatic carbocycles. The van der Waals surface area contributed by atoms with Gasteiger partial charge in [0.05, 0.1) is 23.1 Å². The van der Waals surface area contributed by atoms with E-state index in [-0.39, 0.29) is 5.82 Å². The average molecular weight is 395 g/mol. The Morgan fingerprint density at radius 3 is 2.68 bits per heavy atom. The summed E-state index contributed by atoms with van der Waals surface area (Å²) in [7, 11) is 0. The first-order valence-electron chi connectivity index (χ1n) is 8.41. The van der Waals surface area contributed by atoms with Crippen molar-refractivity contribution in [2.24, 2.45) is 0 Å². The number of hydrogen-bond acceptors (Lipinski definition) is 6. The van der Waals surface area contributed by atoms with Crippen LogP contribution in [0.3, 0.4) is 0 Å². The molecule has 2 aromatic heterocycles. The number of nitrogens with one attached hydrogen (secondary N) is 1. The van der Waals surface area contributed by atoms with Gasteiger partial charge in [-0.25, -0.2) is 9.07 Å². The Morgan fingerprint density at radius 1 is 1.11 bits per heavy atom. The number of carbonyl (C=O) groups excluding carboxylic acids is 1. The highest BCUT2D eigenvalue weighted by molar-refractivity contribution is 7.00. The van der Waals surface area contributed by atoms with E-state index in [2.05, 4.69) is 19.2 Å². The summed E-state index contributed by atoms with van der Waals surface area (Å²) in [5.74, 6) is -0.776. The standard InChI is InChI=1S/C19H14FN5O2S/c1-11(19(27)21-15-3-2-4-16-18(15)24-28-23-16)25-17(26)10-9-14(22-25)12-5-7-13(20)8-6-12/h2-11H,1H3,(H,21,27). The first-order valence-corrected chi connectivity index (χ1v) is 9.14. The van der Waals surface area contributed by atoms with Crippen LogP contribution < -0.4 is 10.9 Å². The Morgan fingerprint density at radius 2 is 1.89 bits per heavy atom. The van der Waals surface area contributed by atoms with Crippen LogP contribution in [0.1, 0.15) is 13.0 Å². The maximum atomic E-state index is 13.1. The molecule has 0 saturated heterocycles. The molecule has 2 heterocycles. The van der Waals surface area contributed by atoms with Crippen LogP contribution in [-0.4, -0.2) is 24.4 Å². The van der Waals surface area contributed by atoms with Gasteiger partial charge in [0.2, 0.25) is 5.91 Å². The highest BCUT2D eigenvalue weighted by Gasteiger charge is 2.19. The lowest BCUT2D eigenvalue weighted by Gasteiger charge is -2.15. The second kappa shape index (κ2) is 7.28. The largest absolute Gasteiger partial charge is 0.322 e. The number of hydrogen-bond donors (Lipinski definition) is 1. The Labute approximate surface area is 162 Å². The summed E-state index contributed by atoms with van der Waals surface area (Å²) in [6, 6.07) is 13.0. The van der Waals surface area contributed by atoms with Crippen molar-refractivity contribution in [1.82, 2.24) is 18.5 Å². The van der Waals surface area contributed by atoms with Gasteiger partial charge >= 0.3 is 0 Å². The first kappa shape index (κ1) is 17.9. The van der Waals surface area contributed by atoms with Gasteiger partial charge in [0, 0.05) is 11.6 Å². The van der Waals surface area contributed by atoms with Crippen LogP contribution in [0, 0.1) is 5.82 Å². The van der Waals surface area contributed by atoms with E-state index in [1.54, 1.807) is 43.3 Å². The lowest BCUT2D eigenvalue weighted by Crippen LogP contribution is -2.33. The summed E-state index contributed by atoms with van der Waals surface area (Å²) in [5, 5.41) is 7.06. The van der Waals surface area contributed by atoms with Crippen molar-refractivity contribution in [2.45, 2.75) is 13.0 Å². The van der Waals surface area contributed by atoms with Crippen molar-refractivity contribution in [2.75, 3.05) is 5.32 Å². The minimum Gasteiger partial charge on any atom is -0.322 e. The summed E-state index contributed by atoms with van der Waals surface area (Å²) < 4.78 is 22.6. The third-order valence-electron chi connectivity index (χ3n) is 4.26. The Hall–Kier alpha value is -3.46. The molecule has 0 aliphatic heterocycles. The maximum absolute atomic E-state index is 13.1. The Bertz CT molecular complexity index is 1220. The third kappa shape index (κ3) is 3.39. The summed E-state index contributed by atoms with van der Waals surface area (Å²) in [6.45, 7) is 1.58. The Balaban J connectivity index is 1.63. The molecule has 0 aliphatic rings. The molecule has 2 aromatic carbocycles. The maximum Gasteiger partial charge on any atom is 0.267 e. The quantitative estimate of drug-likeness (QED) is 0.573. The summed E-state index contributed by atoms with van der Waals surface area (Å²) >= 11 is 1.06. The van der Waals surface area contributed by atoms with Gasteiger partial charge in [-0.05, 0) is 49.4 Å². The molecule has 0 bridgehead atoms. The summed E-state index contributed by atoms with van der Waals surface area (Å²) in [4.78, 5) is 25.0. The van der Waals surface area contributed by atoms with E-state index in [0.717, 1.165) is 16.4 Å². The molecular formula is C19H14FN5O2S. The molecule has 1 unspecified atom stereocenters. The van der Waals surface area contributed by atoms with Crippen LogP contribution in [0.25, 0.3) is 22.3 Å². The van der Waals surface area contributed by atoms with Crippen molar-refractivity contribution in [3.8, 4) is 11.3 Å². The molecular weight excluding hydrogens is 381 g/mol. The van der Waals surface area contributed by atoms with E-state index < -0.39 is 17.5 Å². The van der Waals surface area contributed by atoms with Crippen molar-refractivity contribution in [1.29, 1.82) is 0 Å². The highest BCUT2D eigenvalue weighted by atomic mass is 32.1. The fourth-order valence-corrected chi connectivity index (χ4v) is 3.28. The lowest BCUT2D eigenvalue weighted by atomic mass is 10.1. The molecule has 4 rings (SSSR count). The van der Waals surface area contributed by atoms with Crippen LogP contribution in [0.15, 0.2) is 59.4 Å². The van der Waals surface area contributed by atoms with Crippen LogP contribution in [0.2, 0.25) is 0 Å². The molecule has 1 atom stereocenters. The minimum atomic E-state index is -0.866. The predicted molar refractivity (Wildman–Crippen MR) is 105 cm³/mol. The number of nitrogens with zero attached hydrogens (tertiary/aromatic N) is 4. The van der Waals surface area contributed by atoms with Gasteiger partial charge in [-0.3, -0.25) is 9.59 Å². The van der Waals surface area contributed by atoms with Crippen molar-refractivity contribution in [3.05, 3.63) is 70.8 Å². The van der Waals surface area contributed by atoms with Gasteiger partial charge in [0.15, 0.2) is 0 Å². The molecule has 1 N–H and O–H groups in total. The zero-order valence-electron chi connectivity index (χ0n) is 14.7. The number of rotatable bonds is 4. The summed E-state index contributed by atoms with van der Waals surface area (Å²) in [5.41, 5.74) is 2.48. The normalized spacial score (nSPS) is 12.1. The molecule has 0 spiro atoms. The molecule has 140 valence electrons. The van der Waals surface area contributed by atoms with Gasteiger partial charge in [0.1, 0.15) is 22.9 Å². The van der Waals surface area contributed by atoms with Crippen molar-refractivity contribution in [3.63, 3.8) is 0 Å². The number of halogens is 1. The van der Waals surface area contributed by atoms with Crippen LogP contribution in [0.4, 0.5) is 10.1 Å². The van der Waals surface area contributed by atoms with E-state index in [9.17, 15) is 14.0 Å². The van der Waals surface area contributed by atoms with Crippen molar-refractivity contribution < 1.29 is 9.18 Å². The van der Waals surface area contributed by atoms with Crippen LogP contribution in [-0.2, 0) is 4.79 Å². The predicted octanol–water partition coefficient (Wildman–Crippen LogP) is 3.25. The topological polar surface area (TPSA) is 89.8 Å². The summed E-state index contributed by atoms with van der Waals surface area (Å²) in [6.07, 6.45) is 0. The average Bonchev–Trinajstić information content (AvgIpc) is 3.18. The van der Waals surface area contributed by atoms with Gasteiger partial charge in [-0.1, -0.05) is 6.07 Å². The Kier molecular flexibility index (Phi) is 4.66. The van der Waals surface area contributed by atoms with Gasteiger partial charge in [-0.2, -0.15) is 13.8 Å². The fraction of sp³-hybridized carbons (Fsp3) is 0.105. The number of fused-ring (bicyclic) bond motifs is 1. The van der Waals surface area contributed by atoms with Crippen LogP contribution >= 0.6 is 11.7 Å². The van der Waals surface area contributed by atoms with Crippen LogP contribution in [0.5, 0.6) is 0 Å². The zero-order valence-corrected chi connectivity index (χ0v) is 15.5. The number of amides is 1. The van der Waals surface area contributed by atoms with E-state index in [0.29, 0.717) is 28.0 Å². The molecule has 0 saturated carbocycles. The van der Waals surface area contributed by atoms with E-state index in [1.165, 1.54) is 18.2 Å². The molecule has 1 amide bonds. The number of aromatic nitrogens is 4. The molecule has 4 aromatic rings. The minimum absolute atomic E-state index is 0.365. The number of benzene rings is 2. The molecule has 28 heavy (non-hydrogen) atoms. The fourth-order valence-electron chi connectivity index (χ4n) is 2.73. The van der Waals surface area contributed by atoms with Gasteiger partial charge < -0.3 is 5.32 Å². The number of carbonyl (C=O) groups is 1. The second-order valence-corrected chi connectivity index (χ2v) is 6.64. The van der Waals surface area contributed by atoms with E-state index in [1.807, 2.05) is 0 Å². The molecule has 7 nitrogen and oxygen atoms in total. The molecule has 0 fully saturated rings.